The maximum atomic E-state index is 11.0. The summed E-state index contributed by atoms with van der Waals surface area (Å²) in [7, 11) is 0. The fourth-order valence-corrected chi connectivity index (χ4v) is 2.51. The van der Waals surface area contributed by atoms with Crippen LogP contribution in [0.1, 0.15) is 24.1 Å². The van der Waals surface area contributed by atoms with Gasteiger partial charge in [0, 0.05) is 34.5 Å². The summed E-state index contributed by atoms with van der Waals surface area (Å²) in [6, 6.07) is 7.15. The molecule has 0 saturated carbocycles. The Bertz CT molecular complexity index is 632. The van der Waals surface area contributed by atoms with Gasteiger partial charge in [-0.3, -0.25) is 15.1 Å². The number of nitro benzene ring substituents is 1. The molecule has 1 aromatic carbocycles. The van der Waals surface area contributed by atoms with Crippen LogP contribution >= 0.6 is 15.9 Å². The summed E-state index contributed by atoms with van der Waals surface area (Å²) in [5, 5.41) is 14.3. The Morgan fingerprint density at radius 3 is 2.60 bits per heavy atom. The number of halogens is 1. The van der Waals surface area contributed by atoms with Gasteiger partial charge >= 0.3 is 0 Å². The van der Waals surface area contributed by atoms with Crippen molar-refractivity contribution in [1.29, 1.82) is 0 Å². The Hall–Kier alpha value is -1.95. The van der Waals surface area contributed by atoms with Gasteiger partial charge in [0.05, 0.1) is 10.6 Å². The van der Waals surface area contributed by atoms with E-state index >= 15 is 0 Å². The Kier molecular flexibility index (Phi) is 4.34. The van der Waals surface area contributed by atoms with Crippen LogP contribution in [0.3, 0.4) is 0 Å². The van der Waals surface area contributed by atoms with E-state index in [1.807, 2.05) is 19.1 Å². The predicted octanol–water partition coefficient (Wildman–Crippen LogP) is 4.23. The van der Waals surface area contributed by atoms with E-state index in [0.717, 1.165) is 10.0 Å². The summed E-state index contributed by atoms with van der Waals surface area (Å²) >= 11 is 3.43. The fourth-order valence-electron chi connectivity index (χ4n) is 1.94. The quantitative estimate of drug-likeness (QED) is 0.670. The van der Waals surface area contributed by atoms with Gasteiger partial charge in [0.15, 0.2) is 0 Å². The Balaban J connectivity index is 2.29. The van der Waals surface area contributed by atoms with Gasteiger partial charge in [0.25, 0.3) is 5.69 Å². The largest absolute Gasteiger partial charge is 0.377 e. The molecular weight excluding hydrogens is 322 g/mol. The lowest BCUT2D eigenvalue weighted by Gasteiger charge is -2.17. The van der Waals surface area contributed by atoms with Crippen LogP contribution in [0.25, 0.3) is 0 Å². The molecule has 2 aromatic rings. The minimum Gasteiger partial charge on any atom is -0.377 e. The molecule has 0 fully saturated rings. The van der Waals surface area contributed by atoms with E-state index < -0.39 is 0 Å². The number of hydrogen-bond acceptors (Lipinski definition) is 4. The molecule has 0 aliphatic carbocycles. The molecule has 1 N–H and O–H groups in total. The van der Waals surface area contributed by atoms with Crippen LogP contribution < -0.4 is 5.32 Å². The van der Waals surface area contributed by atoms with E-state index in [1.165, 1.54) is 0 Å². The average Bonchev–Trinajstić information content (AvgIpc) is 2.42. The van der Waals surface area contributed by atoms with Crippen molar-refractivity contribution in [3.63, 3.8) is 0 Å². The monoisotopic (exact) mass is 335 g/mol. The van der Waals surface area contributed by atoms with E-state index in [-0.39, 0.29) is 16.7 Å². The molecule has 0 spiro atoms. The van der Waals surface area contributed by atoms with Gasteiger partial charge in [-0.25, -0.2) is 0 Å². The first-order chi connectivity index (χ1) is 9.49. The Labute approximate surface area is 125 Å². The van der Waals surface area contributed by atoms with Crippen molar-refractivity contribution < 1.29 is 4.92 Å². The van der Waals surface area contributed by atoms with Crippen LogP contribution in [0.4, 0.5) is 11.4 Å². The van der Waals surface area contributed by atoms with Crippen molar-refractivity contribution in [2.75, 3.05) is 5.32 Å². The van der Waals surface area contributed by atoms with Crippen molar-refractivity contribution in [2.24, 2.45) is 0 Å². The van der Waals surface area contributed by atoms with Crippen LogP contribution in [0.15, 0.2) is 41.1 Å². The van der Waals surface area contributed by atoms with Gasteiger partial charge < -0.3 is 5.32 Å². The van der Waals surface area contributed by atoms with Gasteiger partial charge in [-0.2, -0.15) is 0 Å². The molecule has 1 heterocycles. The zero-order valence-electron chi connectivity index (χ0n) is 11.1. The number of rotatable bonds is 4. The van der Waals surface area contributed by atoms with E-state index in [0.29, 0.717) is 11.3 Å². The number of aromatic nitrogens is 1. The molecule has 104 valence electrons. The molecule has 1 aromatic heterocycles. The minimum absolute atomic E-state index is 0.0246. The third-order valence-corrected chi connectivity index (χ3v) is 3.72. The number of nitro groups is 1. The number of benzene rings is 1. The summed E-state index contributed by atoms with van der Waals surface area (Å²) < 4.78 is 0.807. The molecule has 0 radical (unpaired) electrons. The molecule has 5 nitrogen and oxygen atoms in total. The molecule has 6 heteroatoms. The Morgan fingerprint density at radius 1 is 1.35 bits per heavy atom. The van der Waals surface area contributed by atoms with Gasteiger partial charge in [0.2, 0.25) is 0 Å². The molecule has 20 heavy (non-hydrogen) atoms. The van der Waals surface area contributed by atoms with Crippen molar-refractivity contribution in [3.05, 3.63) is 62.4 Å². The van der Waals surface area contributed by atoms with Gasteiger partial charge in [0.1, 0.15) is 0 Å². The highest BCUT2D eigenvalue weighted by atomic mass is 79.9. The van der Waals surface area contributed by atoms with Crippen LogP contribution in [-0.2, 0) is 0 Å². The molecule has 0 saturated heterocycles. The lowest BCUT2D eigenvalue weighted by Crippen LogP contribution is -2.07. The summed E-state index contributed by atoms with van der Waals surface area (Å²) in [6.45, 7) is 3.71. The molecule has 0 amide bonds. The standard InChI is InChI=1S/C14H14BrN3O2/c1-9-7-12(15)13(8-14(9)18(19)20)17-10(2)11-3-5-16-6-4-11/h3-8,10,17H,1-2H3. The molecule has 0 aliphatic heterocycles. The first-order valence-electron chi connectivity index (χ1n) is 6.10. The topological polar surface area (TPSA) is 68.1 Å². The highest BCUT2D eigenvalue weighted by molar-refractivity contribution is 9.10. The zero-order valence-corrected chi connectivity index (χ0v) is 12.7. The maximum Gasteiger partial charge on any atom is 0.274 e. The highest BCUT2D eigenvalue weighted by Gasteiger charge is 2.15. The summed E-state index contributed by atoms with van der Waals surface area (Å²) in [5.41, 5.74) is 2.50. The summed E-state index contributed by atoms with van der Waals surface area (Å²) in [4.78, 5) is 14.6. The summed E-state index contributed by atoms with van der Waals surface area (Å²) in [6.07, 6.45) is 3.44. The third-order valence-electron chi connectivity index (χ3n) is 3.06. The third kappa shape index (κ3) is 3.14. The van der Waals surface area contributed by atoms with Crippen molar-refractivity contribution in [3.8, 4) is 0 Å². The first-order valence-corrected chi connectivity index (χ1v) is 6.89. The van der Waals surface area contributed by atoms with Crippen LogP contribution in [0.5, 0.6) is 0 Å². The zero-order chi connectivity index (χ0) is 14.7. The fraction of sp³-hybridized carbons (Fsp3) is 0.214. The second-order valence-corrected chi connectivity index (χ2v) is 5.38. The number of nitrogens with one attached hydrogen (secondary N) is 1. The van der Waals surface area contributed by atoms with Crippen LogP contribution in [0, 0.1) is 17.0 Å². The smallest absolute Gasteiger partial charge is 0.274 e. The van der Waals surface area contributed by atoms with E-state index in [4.69, 9.17) is 0 Å². The molecule has 1 atom stereocenters. The lowest BCUT2D eigenvalue weighted by molar-refractivity contribution is -0.385. The van der Waals surface area contributed by atoms with Crippen molar-refractivity contribution >= 4 is 27.3 Å². The molecule has 0 aliphatic rings. The van der Waals surface area contributed by atoms with Crippen LogP contribution in [-0.4, -0.2) is 9.91 Å². The van der Waals surface area contributed by atoms with Crippen molar-refractivity contribution in [2.45, 2.75) is 19.9 Å². The highest BCUT2D eigenvalue weighted by Crippen LogP contribution is 2.32. The molecule has 2 rings (SSSR count). The van der Waals surface area contributed by atoms with E-state index in [2.05, 4.69) is 26.2 Å². The summed E-state index contributed by atoms with van der Waals surface area (Å²) in [5.74, 6) is 0. The second kappa shape index (κ2) is 6.00. The van der Waals surface area contributed by atoms with Crippen molar-refractivity contribution in [1.82, 2.24) is 4.98 Å². The second-order valence-electron chi connectivity index (χ2n) is 4.52. The SMILES string of the molecule is Cc1cc(Br)c(NC(C)c2ccncc2)cc1[N+](=O)[O-]. The number of pyridine rings is 1. The first kappa shape index (κ1) is 14.5. The minimum atomic E-state index is -0.371. The van der Waals surface area contributed by atoms with Gasteiger partial charge in [-0.1, -0.05) is 0 Å². The lowest BCUT2D eigenvalue weighted by atomic mass is 10.1. The number of anilines is 1. The number of nitrogens with zero attached hydrogens (tertiary/aromatic N) is 2. The van der Waals surface area contributed by atoms with Gasteiger partial charge in [-0.05, 0) is 53.5 Å². The molecular formula is C14H14BrN3O2. The van der Waals surface area contributed by atoms with Crippen LogP contribution in [0.2, 0.25) is 0 Å². The number of aryl methyl sites for hydroxylation is 1. The molecule has 1 unspecified atom stereocenters. The van der Waals surface area contributed by atoms with Gasteiger partial charge in [-0.15, -0.1) is 0 Å². The van der Waals surface area contributed by atoms with E-state index in [1.54, 1.807) is 31.5 Å². The average molecular weight is 336 g/mol. The molecule has 0 bridgehead atoms. The normalized spacial score (nSPS) is 11.9. The predicted molar refractivity (Wildman–Crippen MR) is 81.8 cm³/mol. The Morgan fingerprint density at radius 2 is 2.00 bits per heavy atom. The number of hydrogen-bond donors (Lipinski definition) is 1. The van der Waals surface area contributed by atoms with E-state index in [9.17, 15) is 10.1 Å². The maximum absolute atomic E-state index is 11.0.